The number of hydrazone groups is 1. The first-order valence-electron chi connectivity index (χ1n) is 3.79. The van der Waals surface area contributed by atoms with Crippen LogP contribution in [-0.4, -0.2) is 12.2 Å². The van der Waals surface area contributed by atoms with Crippen molar-refractivity contribution >= 4 is 47.0 Å². The average Bonchev–Trinajstić information content (AvgIpc) is 2.17. The van der Waals surface area contributed by atoms with Crippen LogP contribution in [0.15, 0.2) is 17.2 Å². The molecule has 0 spiro atoms. The summed E-state index contributed by atoms with van der Waals surface area (Å²) in [6, 6.07) is 3.19. The molecular formula is C8H7Cl3N4. The van der Waals surface area contributed by atoms with E-state index in [0.717, 1.165) is 0 Å². The highest BCUT2D eigenvalue weighted by Gasteiger charge is 2.06. The largest absolute Gasteiger partial charge is 0.369 e. The van der Waals surface area contributed by atoms with Crippen molar-refractivity contribution in [1.29, 1.82) is 5.41 Å². The number of rotatable bonds is 2. The molecular weight excluding hydrogens is 258 g/mol. The van der Waals surface area contributed by atoms with Gasteiger partial charge in [0.05, 0.1) is 21.3 Å². The van der Waals surface area contributed by atoms with Gasteiger partial charge in [-0.3, -0.25) is 5.41 Å². The Labute approximate surface area is 102 Å². The standard InChI is InChI=1S/C8H7Cl3N4/c9-5-1-2-6(10)7(11)4(5)3-14-15-8(12)13/h1-3H,(H4,12,13,15). The highest BCUT2D eigenvalue weighted by atomic mass is 35.5. The SMILES string of the molecule is N=C(N)NN=Cc1c(Cl)ccc(Cl)c1Cl. The lowest BCUT2D eigenvalue weighted by molar-refractivity contribution is 1.00. The summed E-state index contributed by atoms with van der Waals surface area (Å²) < 4.78 is 0. The molecule has 1 rings (SSSR count). The molecule has 0 aliphatic heterocycles. The molecule has 4 nitrogen and oxygen atoms in total. The molecule has 1 aromatic carbocycles. The second kappa shape index (κ2) is 5.21. The molecule has 0 saturated heterocycles. The molecule has 0 amide bonds. The Morgan fingerprint density at radius 2 is 1.93 bits per heavy atom. The van der Waals surface area contributed by atoms with Crippen LogP contribution in [0, 0.1) is 5.41 Å². The summed E-state index contributed by atoms with van der Waals surface area (Å²) in [7, 11) is 0. The Morgan fingerprint density at radius 1 is 1.33 bits per heavy atom. The lowest BCUT2D eigenvalue weighted by Crippen LogP contribution is -2.25. The topological polar surface area (TPSA) is 74.3 Å². The van der Waals surface area contributed by atoms with E-state index in [4.69, 9.17) is 45.9 Å². The van der Waals surface area contributed by atoms with Crippen LogP contribution in [0.1, 0.15) is 5.56 Å². The first kappa shape index (κ1) is 12.1. The lowest BCUT2D eigenvalue weighted by Gasteiger charge is -2.02. The molecule has 0 aromatic heterocycles. The number of hydrogen-bond donors (Lipinski definition) is 3. The Hall–Kier alpha value is -0.970. The molecule has 0 aliphatic carbocycles. The van der Waals surface area contributed by atoms with Crippen LogP contribution in [0.2, 0.25) is 15.1 Å². The van der Waals surface area contributed by atoms with Crippen molar-refractivity contribution in [1.82, 2.24) is 5.43 Å². The van der Waals surface area contributed by atoms with E-state index in [1.807, 2.05) is 0 Å². The number of guanidine groups is 1. The number of nitrogens with zero attached hydrogens (tertiary/aromatic N) is 1. The molecule has 15 heavy (non-hydrogen) atoms. The van der Waals surface area contributed by atoms with E-state index in [0.29, 0.717) is 20.6 Å². The quantitative estimate of drug-likeness (QED) is 0.332. The minimum Gasteiger partial charge on any atom is -0.369 e. The van der Waals surface area contributed by atoms with Crippen LogP contribution in [-0.2, 0) is 0 Å². The maximum atomic E-state index is 6.87. The third kappa shape index (κ3) is 3.27. The zero-order chi connectivity index (χ0) is 11.4. The summed E-state index contributed by atoms with van der Waals surface area (Å²) in [5.41, 5.74) is 7.74. The third-order valence-corrected chi connectivity index (χ3v) is 2.61. The predicted octanol–water partition coefficient (Wildman–Crippen LogP) is 2.46. The summed E-state index contributed by atoms with van der Waals surface area (Å²) in [4.78, 5) is 0. The lowest BCUT2D eigenvalue weighted by atomic mass is 10.2. The van der Waals surface area contributed by atoms with Gasteiger partial charge < -0.3 is 5.73 Å². The molecule has 0 aliphatic rings. The fraction of sp³-hybridized carbons (Fsp3) is 0. The first-order chi connectivity index (χ1) is 7.02. The van der Waals surface area contributed by atoms with Crippen LogP contribution in [0.25, 0.3) is 0 Å². The van der Waals surface area contributed by atoms with Gasteiger partial charge in [0.2, 0.25) is 5.96 Å². The van der Waals surface area contributed by atoms with Gasteiger partial charge in [0.15, 0.2) is 0 Å². The van der Waals surface area contributed by atoms with Crippen LogP contribution < -0.4 is 11.2 Å². The molecule has 0 radical (unpaired) electrons. The van der Waals surface area contributed by atoms with Crippen molar-refractivity contribution in [2.75, 3.05) is 0 Å². The number of nitrogens with one attached hydrogen (secondary N) is 2. The monoisotopic (exact) mass is 264 g/mol. The maximum absolute atomic E-state index is 6.87. The van der Waals surface area contributed by atoms with Gasteiger partial charge in [-0.05, 0) is 12.1 Å². The van der Waals surface area contributed by atoms with E-state index in [1.165, 1.54) is 6.21 Å². The van der Waals surface area contributed by atoms with Crippen molar-refractivity contribution < 1.29 is 0 Å². The van der Waals surface area contributed by atoms with E-state index in [2.05, 4.69) is 10.5 Å². The molecule has 0 saturated carbocycles. The molecule has 1 aromatic rings. The fourth-order valence-corrected chi connectivity index (χ4v) is 1.46. The second-order valence-electron chi connectivity index (χ2n) is 2.54. The van der Waals surface area contributed by atoms with Crippen LogP contribution >= 0.6 is 34.8 Å². The van der Waals surface area contributed by atoms with Gasteiger partial charge in [0.1, 0.15) is 0 Å². The van der Waals surface area contributed by atoms with E-state index in [9.17, 15) is 0 Å². The number of nitrogens with two attached hydrogens (primary N) is 1. The Kier molecular flexibility index (Phi) is 4.20. The van der Waals surface area contributed by atoms with Gasteiger partial charge in [-0.1, -0.05) is 34.8 Å². The molecule has 0 bridgehead atoms. The summed E-state index contributed by atoms with van der Waals surface area (Å²) in [6.45, 7) is 0. The Balaban J connectivity index is 2.98. The summed E-state index contributed by atoms with van der Waals surface area (Å²) in [5.74, 6) is -0.277. The van der Waals surface area contributed by atoms with Crippen molar-refractivity contribution in [3.05, 3.63) is 32.8 Å². The predicted molar refractivity (Wildman–Crippen MR) is 64.1 cm³/mol. The maximum Gasteiger partial charge on any atom is 0.206 e. The normalized spacial score (nSPS) is 10.6. The highest BCUT2D eigenvalue weighted by Crippen LogP contribution is 2.29. The number of hydrogen-bond acceptors (Lipinski definition) is 2. The van der Waals surface area contributed by atoms with Crippen molar-refractivity contribution in [3.8, 4) is 0 Å². The summed E-state index contributed by atoms with van der Waals surface area (Å²) in [5, 5.41) is 11.6. The first-order valence-corrected chi connectivity index (χ1v) is 4.92. The zero-order valence-corrected chi connectivity index (χ0v) is 9.66. The summed E-state index contributed by atoms with van der Waals surface area (Å²) >= 11 is 17.6. The Morgan fingerprint density at radius 3 is 2.53 bits per heavy atom. The van der Waals surface area contributed by atoms with Gasteiger partial charge in [-0.2, -0.15) is 5.10 Å². The van der Waals surface area contributed by atoms with Gasteiger partial charge >= 0.3 is 0 Å². The van der Waals surface area contributed by atoms with Crippen molar-refractivity contribution in [2.24, 2.45) is 10.8 Å². The van der Waals surface area contributed by atoms with Gasteiger partial charge in [0, 0.05) is 5.56 Å². The van der Waals surface area contributed by atoms with Crippen LogP contribution in [0.3, 0.4) is 0 Å². The van der Waals surface area contributed by atoms with E-state index < -0.39 is 0 Å². The molecule has 4 N–H and O–H groups in total. The molecule has 7 heteroatoms. The molecule has 0 heterocycles. The number of halogens is 3. The van der Waals surface area contributed by atoms with Crippen LogP contribution in [0.5, 0.6) is 0 Å². The van der Waals surface area contributed by atoms with E-state index in [-0.39, 0.29) is 5.96 Å². The fourth-order valence-electron chi connectivity index (χ4n) is 0.827. The highest BCUT2D eigenvalue weighted by molar-refractivity contribution is 6.45. The average molecular weight is 266 g/mol. The third-order valence-electron chi connectivity index (χ3n) is 1.46. The summed E-state index contributed by atoms with van der Waals surface area (Å²) in [6.07, 6.45) is 1.35. The van der Waals surface area contributed by atoms with Gasteiger partial charge in [-0.25, -0.2) is 5.43 Å². The smallest absolute Gasteiger partial charge is 0.206 e. The Bertz CT molecular complexity index is 417. The molecule has 0 fully saturated rings. The minimum absolute atomic E-state index is 0.277. The molecule has 0 unspecified atom stereocenters. The van der Waals surface area contributed by atoms with E-state index >= 15 is 0 Å². The minimum atomic E-state index is -0.277. The molecule has 0 atom stereocenters. The van der Waals surface area contributed by atoms with E-state index in [1.54, 1.807) is 12.1 Å². The van der Waals surface area contributed by atoms with Crippen molar-refractivity contribution in [2.45, 2.75) is 0 Å². The van der Waals surface area contributed by atoms with Gasteiger partial charge in [0.25, 0.3) is 0 Å². The second-order valence-corrected chi connectivity index (χ2v) is 3.73. The van der Waals surface area contributed by atoms with Crippen molar-refractivity contribution in [3.63, 3.8) is 0 Å². The zero-order valence-electron chi connectivity index (χ0n) is 7.39. The van der Waals surface area contributed by atoms with Crippen LogP contribution in [0.4, 0.5) is 0 Å². The molecule has 80 valence electrons. The number of benzene rings is 1. The van der Waals surface area contributed by atoms with Gasteiger partial charge in [-0.15, -0.1) is 0 Å².